The molecule has 1 aliphatic rings. The molecule has 5 rings (SSSR count). The number of rotatable bonds is 7. The van der Waals surface area contributed by atoms with Gasteiger partial charge >= 0.3 is 0 Å². The van der Waals surface area contributed by atoms with Crippen molar-refractivity contribution in [1.29, 1.82) is 0 Å². The van der Waals surface area contributed by atoms with Crippen LogP contribution in [0.1, 0.15) is 21.9 Å². The molecule has 1 N–H and O–H groups in total. The molecule has 0 bridgehead atoms. The Morgan fingerprint density at radius 1 is 1.00 bits per heavy atom. The molecule has 0 radical (unpaired) electrons. The summed E-state index contributed by atoms with van der Waals surface area (Å²) in [4.78, 5) is 22.1. The third kappa shape index (κ3) is 4.99. The molecule has 1 fully saturated rings. The minimum absolute atomic E-state index is 0.262. The van der Waals surface area contributed by atoms with Gasteiger partial charge in [0.25, 0.3) is 5.91 Å². The minimum atomic E-state index is -0.262. The predicted molar refractivity (Wildman–Crippen MR) is 129 cm³/mol. The van der Waals surface area contributed by atoms with Crippen LogP contribution in [0.5, 0.6) is 0 Å². The molecule has 4 aromatic rings. The van der Waals surface area contributed by atoms with E-state index >= 15 is 0 Å². The van der Waals surface area contributed by atoms with E-state index in [0.29, 0.717) is 11.4 Å². The lowest BCUT2D eigenvalue weighted by Gasteiger charge is -2.34. The van der Waals surface area contributed by atoms with Crippen LogP contribution in [0.2, 0.25) is 0 Å². The fourth-order valence-electron chi connectivity index (χ4n) is 4.42. The van der Waals surface area contributed by atoms with Crippen molar-refractivity contribution in [3.63, 3.8) is 0 Å². The molecule has 0 saturated carbocycles. The van der Waals surface area contributed by atoms with Gasteiger partial charge in [-0.15, -0.1) is 0 Å². The molecule has 3 heterocycles. The Kier molecular flexibility index (Phi) is 6.24. The van der Waals surface area contributed by atoms with E-state index in [4.69, 9.17) is 9.40 Å². The van der Waals surface area contributed by atoms with Gasteiger partial charge < -0.3 is 19.2 Å². The van der Waals surface area contributed by atoms with E-state index in [1.165, 1.54) is 11.8 Å². The van der Waals surface area contributed by atoms with Crippen LogP contribution in [-0.4, -0.2) is 58.0 Å². The number of aryl methyl sites for hydroxylation is 1. The predicted octanol–water partition coefficient (Wildman–Crippen LogP) is 3.78. The first-order chi connectivity index (χ1) is 16.2. The number of furan rings is 1. The Morgan fingerprint density at radius 3 is 2.55 bits per heavy atom. The van der Waals surface area contributed by atoms with Crippen LogP contribution in [0.3, 0.4) is 0 Å². The van der Waals surface area contributed by atoms with Crippen molar-refractivity contribution < 1.29 is 9.21 Å². The number of fused-ring (bicyclic) bond motifs is 1. The summed E-state index contributed by atoms with van der Waals surface area (Å²) in [5.74, 6) is 1.09. The number of hydrogen-bond donors (Lipinski definition) is 1. The van der Waals surface area contributed by atoms with Crippen molar-refractivity contribution in [2.24, 2.45) is 7.05 Å². The summed E-state index contributed by atoms with van der Waals surface area (Å²) in [7, 11) is 2.06. The Labute approximate surface area is 193 Å². The van der Waals surface area contributed by atoms with Crippen LogP contribution in [0.15, 0.2) is 71.3 Å². The van der Waals surface area contributed by atoms with E-state index in [0.717, 1.165) is 62.5 Å². The Balaban J connectivity index is 1.16. The molecule has 1 saturated heterocycles. The molecular weight excluding hydrogens is 414 g/mol. The van der Waals surface area contributed by atoms with Crippen LogP contribution in [-0.2, 0) is 20.0 Å². The summed E-state index contributed by atoms with van der Waals surface area (Å²) in [5.41, 5.74) is 4.04. The molecule has 2 aromatic heterocycles. The van der Waals surface area contributed by atoms with Crippen LogP contribution in [0, 0.1) is 0 Å². The third-order valence-electron chi connectivity index (χ3n) is 6.34. The van der Waals surface area contributed by atoms with Crippen LogP contribution >= 0.6 is 0 Å². The van der Waals surface area contributed by atoms with Crippen molar-refractivity contribution >= 4 is 22.6 Å². The highest BCUT2D eigenvalue weighted by atomic mass is 16.3. The summed E-state index contributed by atoms with van der Waals surface area (Å²) >= 11 is 0. The second-order valence-corrected chi connectivity index (χ2v) is 8.58. The molecule has 0 aliphatic carbocycles. The SMILES string of the molecule is Cn1c(CCN2CCN(Cc3ccccc3)CC2)nc2cc(NC(=O)c3ccco3)ccc21. The zero-order valence-corrected chi connectivity index (χ0v) is 18.9. The molecule has 0 atom stereocenters. The second kappa shape index (κ2) is 9.60. The summed E-state index contributed by atoms with van der Waals surface area (Å²) in [5, 5.41) is 2.88. The fourth-order valence-corrected chi connectivity index (χ4v) is 4.42. The number of imidazole rings is 1. The molecule has 0 spiro atoms. The highest BCUT2D eigenvalue weighted by molar-refractivity contribution is 6.03. The van der Waals surface area contributed by atoms with Crippen LogP contribution in [0.4, 0.5) is 5.69 Å². The summed E-state index contributed by atoms with van der Waals surface area (Å²) < 4.78 is 7.32. The largest absolute Gasteiger partial charge is 0.459 e. The molecular formula is C26H29N5O2. The molecule has 7 heteroatoms. The molecule has 0 unspecified atom stereocenters. The van der Waals surface area contributed by atoms with E-state index in [1.54, 1.807) is 12.1 Å². The van der Waals surface area contributed by atoms with E-state index in [2.05, 4.69) is 57.1 Å². The normalized spacial score (nSPS) is 15.2. The first kappa shape index (κ1) is 21.4. The quantitative estimate of drug-likeness (QED) is 0.471. The molecule has 1 aliphatic heterocycles. The number of nitrogens with zero attached hydrogens (tertiary/aromatic N) is 4. The molecule has 7 nitrogen and oxygen atoms in total. The molecule has 170 valence electrons. The molecule has 33 heavy (non-hydrogen) atoms. The number of carbonyl (C=O) groups is 1. The van der Waals surface area contributed by atoms with Crippen LogP contribution in [0.25, 0.3) is 11.0 Å². The lowest BCUT2D eigenvalue weighted by Crippen LogP contribution is -2.46. The Hall–Kier alpha value is -3.42. The lowest BCUT2D eigenvalue weighted by atomic mass is 10.2. The number of benzene rings is 2. The first-order valence-electron chi connectivity index (χ1n) is 11.4. The number of hydrogen-bond acceptors (Lipinski definition) is 5. The number of piperazine rings is 1. The number of aromatic nitrogens is 2. The number of anilines is 1. The maximum atomic E-state index is 12.2. The van der Waals surface area contributed by atoms with Gasteiger partial charge in [0.2, 0.25) is 0 Å². The maximum Gasteiger partial charge on any atom is 0.291 e. The van der Waals surface area contributed by atoms with Crippen molar-refractivity contribution in [2.45, 2.75) is 13.0 Å². The number of amides is 1. The summed E-state index contributed by atoms with van der Waals surface area (Å²) in [6.07, 6.45) is 2.39. The van der Waals surface area contributed by atoms with Gasteiger partial charge in [-0.05, 0) is 35.9 Å². The van der Waals surface area contributed by atoms with Gasteiger partial charge in [0.15, 0.2) is 5.76 Å². The van der Waals surface area contributed by atoms with Gasteiger partial charge in [0, 0.05) is 58.4 Å². The first-order valence-corrected chi connectivity index (χ1v) is 11.4. The van der Waals surface area contributed by atoms with Crippen molar-refractivity contribution in [3.05, 3.63) is 84.1 Å². The Morgan fingerprint density at radius 2 is 1.79 bits per heavy atom. The van der Waals surface area contributed by atoms with Crippen molar-refractivity contribution in [3.8, 4) is 0 Å². The zero-order valence-electron chi connectivity index (χ0n) is 18.9. The van der Waals surface area contributed by atoms with Crippen molar-refractivity contribution in [1.82, 2.24) is 19.4 Å². The summed E-state index contributed by atoms with van der Waals surface area (Å²) in [6, 6.07) is 19.9. The van der Waals surface area contributed by atoms with E-state index in [-0.39, 0.29) is 5.91 Å². The minimum Gasteiger partial charge on any atom is -0.459 e. The fraction of sp³-hybridized carbons (Fsp3) is 0.308. The monoisotopic (exact) mass is 443 g/mol. The van der Waals surface area contributed by atoms with Gasteiger partial charge in [0.05, 0.1) is 17.3 Å². The Bertz CT molecular complexity index is 1210. The third-order valence-corrected chi connectivity index (χ3v) is 6.34. The average molecular weight is 444 g/mol. The van der Waals surface area contributed by atoms with Crippen LogP contribution < -0.4 is 5.32 Å². The summed E-state index contributed by atoms with van der Waals surface area (Å²) in [6.45, 7) is 6.38. The van der Waals surface area contributed by atoms with Crippen molar-refractivity contribution in [2.75, 3.05) is 38.0 Å². The van der Waals surface area contributed by atoms with E-state index in [1.807, 2.05) is 18.2 Å². The van der Waals surface area contributed by atoms with Gasteiger partial charge in [-0.1, -0.05) is 30.3 Å². The molecule has 2 aromatic carbocycles. The lowest BCUT2D eigenvalue weighted by molar-refractivity contribution is 0.0996. The number of carbonyl (C=O) groups excluding carboxylic acids is 1. The topological polar surface area (TPSA) is 66.5 Å². The average Bonchev–Trinajstić information content (AvgIpc) is 3.48. The van der Waals surface area contributed by atoms with Gasteiger partial charge in [0.1, 0.15) is 5.82 Å². The highest BCUT2D eigenvalue weighted by Gasteiger charge is 2.18. The van der Waals surface area contributed by atoms with E-state index < -0.39 is 0 Å². The maximum absolute atomic E-state index is 12.2. The van der Waals surface area contributed by atoms with Gasteiger partial charge in [-0.25, -0.2) is 4.98 Å². The second-order valence-electron chi connectivity index (χ2n) is 8.58. The highest BCUT2D eigenvalue weighted by Crippen LogP contribution is 2.21. The molecule has 1 amide bonds. The van der Waals surface area contributed by atoms with Gasteiger partial charge in [-0.2, -0.15) is 0 Å². The zero-order chi connectivity index (χ0) is 22.6. The van der Waals surface area contributed by atoms with Gasteiger partial charge in [-0.3, -0.25) is 9.69 Å². The smallest absolute Gasteiger partial charge is 0.291 e. The standard InChI is InChI=1S/C26H29N5O2/c1-29-23-10-9-21(27-26(32)24-8-5-17-33-24)18-22(23)28-25(29)11-12-30-13-15-31(16-14-30)19-20-6-3-2-4-7-20/h2-10,17-18H,11-16,19H2,1H3,(H,27,32). The number of nitrogens with one attached hydrogen (secondary N) is 1. The van der Waals surface area contributed by atoms with E-state index in [9.17, 15) is 4.79 Å².